The lowest BCUT2D eigenvalue weighted by Crippen LogP contribution is -2.36. The predicted molar refractivity (Wildman–Crippen MR) is 70.6 cm³/mol. The summed E-state index contributed by atoms with van der Waals surface area (Å²) in [4.78, 5) is 0. The van der Waals surface area contributed by atoms with Crippen molar-refractivity contribution in [1.82, 2.24) is 4.31 Å². The molecule has 0 saturated carbocycles. The van der Waals surface area contributed by atoms with Gasteiger partial charge >= 0.3 is 0 Å². The second-order valence-electron chi connectivity index (χ2n) is 3.00. The monoisotopic (exact) mass is 411 g/mol. The standard InChI is InChI=1S/C8H9Br2F2NO2S2/c9-3-4-13(5-7(11)12)17(14,15)8-2-1-6(10)16-8/h1-2,7H,3-5H2. The Balaban J connectivity index is 2.99. The summed E-state index contributed by atoms with van der Waals surface area (Å²) in [6, 6.07) is 2.98. The first-order valence-corrected chi connectivity index (χ1v) is 8.64. The van der Waals surface area contributed by atoms with E-state index in [0.29, 0.717) is 9.12 Å². The van der Waals surface area contributed by atoms with Crippen LogP contribution in [-0.2, 0) is 10.0 Å². The molecule has 1 aromatic heterocycles. The number of alkyl halides is 3. The van der Waals surface area contributed by atoms with E-state index in [1.165, 1.54) is 6.07 Å². The molecule has 0 aliphatic carbocycles. The highest BCUT2D eigenvalue weighted by atomic mass is 79.9. The molecule has 0 N–H and O–H groups in total. The summed E-state index contributed by atoms with van der Waals surface area (Å²) < 4.78 is 50.2. The van der Waals surface area contributed by atoms with Gasteiger partial charge in [0.25, 0.3) is 16.4 Å². The first-order chi connectivity index (χ1) is 7.87. The van der Waals surface area contributed by atoms with Crippen LogP contribution in [0, 0.1) is 0 Å². The second-order valence-corrected chi connectivity index (χ2v) is 8.42. The van der Waals surface area contributed by atoms with E-state index in [0.717, 1.165) is 15.6 Å². The van der Waals surface area contributed by atoms with Gasteiger partial charge in [0.2, 0.25) is 0 Å². The summed E-state index contributed by atoms with van der Waals surface area (Å²) in [5, 5.41) is 0.311. The number of rotatable bonds is 6. The molecule has 0 aromatic carbocycles. The van der Waals surface area contributed by atoms with Gasteiger partial charge in [0.05, 0.1) is 10.3 Å². The maximum atomic E-state index is 12.3. The molecule has 0 saturated heterocycles. The van der Waals surface area contributed by atoms with E-state index >= 15 is 0 Å². The maximum absolute atomic E-state index is 12.3. The molecule has 17 heavy (non-hydrogen) atoms. The normalized spacial score (nSPS) is 12.6. The lowest BCUT2D eigenvalue weighted by Gasteiger charge is -2.19. The molecular weight excluding hydrogens is 404 g/mol. The summed E-state index contributed by atoms with van der Waals surface area (Å²) in [5.41, 5.74) is 0. The van der Waals surface area contributed by atoms with Crippen molar-refractivity contribution in [2.75, 3.05) is 18.4 Å². The fraction of sp³-hybridized carbons (Fsp3) is 0.500. The minimum Gasteiger partial charge on any atom is -0.209 e. The average Bonchev–Trinajstić information content (AvgIpc) is 2.64. The van der Waals surface area contributed by atoms with E-state index in [-0.39, 0.29) is 10.8 Å². The fourth-order valence-corrected chi connectivity index (χ4v) is 5.37. The SMILES string of the molecule is O=S(=O)(c1ccc(Br)s1)N(CCBr)CC(F)F. The lowest BCUT2D eigenvalue weighted by molar-refractivity contribution is 0.121. The molecule has 0 fully saturated rings. The van der Waals surface area contributed by atoms with Gasteiger partial charge in [0, 0.05) is 11.9 Å². The minimum atomic E-state index is -3.83. The molecule has 0 amide bonds. The van der Waals surface area contributed by atoms with Crippen LogP contribution in [0.2, 0.25) is 0 Å². The van der Waals surface area contributed by atoms with Crippen LogP contribution in [0.1, 0.15) is 0 Å². The third-order valence-corrected chi connectivity index (χ3v) is 6.13. The summed E-state index contributed by atoms with van der Waals surface area (Å²) in [6.45, 7) is -0.772. The van der Waals surface area contributed by atoms with Crippen LogP contribution in [0.5, 0.6) is 0 Å². The van der Waals surface area contributed by atoms with Crippen molar-refractivity contribution in [2.24, 2.45) is 0 Å². The highest BCUT2D eigenvalue weighted by molar-refractivity contribution is 9.11. The van der Waals surface area contributed by atoms with Gasteiger partial charge in [-0.3, -0.25) is 0 Å². The predicted octanol–water partition coefficient (Wildman–Crippen LogP) is 3.16. The smallest absolute Gasteiger partial charge is 0.209 e. The largest absolute Gasteiger partial charge is 0.252 e. The van der Waals surface area contributed by atoms with E-state index in [4.69, 9.17) is 0 Å². The van der Waals surface area contributed by atoms with Gasteiger partial charge in [-0.1, -0.05) is 15.9 Å². The van der Waals surface area contributed by atoms with E-state index < -0.39 is 23.0 Å². The van der Waals surface area contributed by atoms with Gasteiger partial charge < -0.3 is 0 Å². The van der Waals surface area contributed by atoms with Crippen molar-refractivity contribution < 1.29 is 17.2 Å². The summed E-state index contributed by atoms with van der Waals surface area (Å²) >= 11 is 7.20. The van der Waals surface area contributed by atoms with Crippen LogP contribution in [0.25, 0.3) is 0 Å². The third kappa shape index (κ3) is 4.23. The molecule has 0 aliphatic rings. The Bertz CT molecular complexity index is 464. The van der Waals surface area contributed by atoms with Gasteiger partial charge in [-0.25, -0.2) is 17.2 Å². The zero-order chi connectivity index (χ0) is 13.1. The van der Waals surface area contributed by atoms with Crippen LogP contribution < -0.4 is 0 Å². The average molecular weight is 413 g/mol. The minimum absolute atomic E-state index is 0.0161. The molecular formula is C8H9Br2F2NO2S2. The first kappa shape index (κ1) is 15.5. The number of thiophene rings is 1. The van der Waals surface area contributed by atoms with Crippen molar-refractivity contribution in [1.29, 1.82) is 0 Å². The Morgan fingerprint density at radius 3 is 2.47 bits per heavy atom. The first-order valence-electron chi connectivity index (χ1n) is 4.47. The van der Waals surface area contributed by atoms with Gasteiger partial charge in [-0.2, -0.15) is 4.31 Å². The van der Waals surface area contributed by atoms with Gasteiger partial charge in [0.1, 0.15) is 4.21 Å². The molecule has 98 valence electrons. The van der Waals surface area contributed by atoms with Gasteiger partial charge in [0.15, 0.2) is 0 Å². The number of nitrogens with zero attached hydrogens (tertiary/aromatic N) is 1. The molecule has 0 aliphatic heterocycles. The Hall–Kier alpha value is 0.430. The molecule has 1 aromatic rings. The molecule has 0 unspecified atom stereocenters. The van der Waals surface area contributed by atoms with E-state index in [9.17, 15) is 17.2 Å². The summed E-state index contributed by atoms with van der Waals surface area (Å²) in [7, 11) is -3.83. The number of hydrogen-bond acceptors (Lipinski definition) is 3. The van der Waals surface area contributed by atoms with Crippen molar-refractivity contribution in [3.8, 4) is 0 Å². The van der Waals surface area contributed by atoms with Crippen LogP contribution in [0.4, 0.5) is 8.78 Å². The highest BCUT2D eigenvalue weighted by Gasteiger charge is 2.27. The molecule has 9 heteroatoms. The second kappa shape index (κ2) is 6.55. The fourth-order valence-electron chi connectivity index (χ4n) is 1.12. The Morgan fingerprint density at radius 2 is 2.06 bits per heavy atom. The Morgan fingerprint density at radius 1 is 1.41 bits per heavy atom. The maximum Gasteiger partial charge on any atom is 0.252 e. The number of hydrogen-bond donors (Lipinski definition) is 0. The van der Waals surface area contributed by atoms with Crippen LogP contribution >= 0.6 is 43.2 Å². The van der Waals surface area contributed by atoms with Crippen molar-refractivity contribution >= 4 is 53.2 Å². The van der Waals surface area contributed by atoms with Crippen LogP contribution in [0.15, 0.2) is 20.1 Å². The topological polar surface area (TPSA) is 37.4 Å². The Labute approximate surface area is 119 Å². The van der Waals surface area contributed by atoms with Gasteiger partial charge in [-0.05, 0) is 28.1 Å². The van der Waals surface area contributed by atoms with E-state index in [2.05, 4.69) is 31.9 Å². The highest BCUT2D eigenvalue weighted by Crippen LogP contribution is 2.28. The van der Waals surface area contributed by atoms with E-state index in [1.54, 1.807) is 6.07 Å². The zero-order valence-electron chi connectivity index (χ0n) is 8.45. The molecule has 1 heterocycles. The lowest BCUT2D eigenvalue weighted by atomic mass is 10.6. The molecule has 0 radical (unpaired) electrons. The number of sulfonamides is 1. The molecule has 1 rings (SSSR count). The molecule has 0 bridgehead atoms. The molecule has 0 atom stereocenters. The van der Waals surface area contributed by atoms with Crippen molar-refractivity contribution in [2.45, 2.75) is 10.6 Å². The number of halogens is 4. The summed E-state index contributed by atoms with van der Waals surface area (Å²) in [6.07, 6.45) is -2.69. The van der Waals surface area contributed by atoms with Crippen molar-refractivity contribution in [3.05, 3.63) is 15.9 Å². The molecule has 3 nitrogen and oxygen atoms in total. The van der Waals surface area contributed by atoms with Crippen molar-refractivity contribution in [3.63, 3.8) is 0 Å². The van der Waals surface area contributed by atoms with Gasteiger partial charge in [-0.15, -0.1) is 11.3 Å². The van der Waals surface area contributed by atoms with E-state index in [1.807, 2.05) is 0 Å². The summed E-state index contributed by atoms with van der Waals surface area (Å²) in [5.74, 6) is 0. The third-order valence-electron chi connectivity index (χ3n) is 1.82. The zero-order valence-corrected chi connectivity index (χ0v) is 13.3. The Kier molecular flexibility index (Phi) is 5.97. The van der Waals surface area contributed by atoms with Crippen LogP contribution in [0.3, 0.4) is 0 Å². The quantitative estimate of drug-likeness (QED) is 0.673. The van der Waals surface area contributed by atoms with Crippen LogP contribution in [-0.4, -0.2) is 37.6 Å². The molecule has 0 spiro atoms.